The summed E-state index contributed by atoms with van der Waals surface area (Å²) in [6.45, 7) is 11.5. The van der Waals surface area contributed by atoms with E-state index in [4.69, 9.17) is 4.74 Å². The number of rotatable bonds is 9. The molecule has 1 unspecified atom stereocenters. The number of methoxy groups -OCH3 is 1. The number of hydrogen-bond acceptors (Lipinski definition) is 3. The zero-order valence-corrected chi connectivity index (χ0v) is 14.8. The summed E-state index contributed by atoms with van der Waals surface area (Å²) >= 11 is 0. The number of nitrogens with one attached hydrogen (secondary N) is 2. The van der Waals surface area contributed by atoms with Crippen LogP contribution in [0.15, 0.2) is 41.9 Å². The zero-order chi connectivity index (χ0) is 17.1. The Morgan fingerprint density at radius 2 is 2.09 bits per heavy atom. The van der Waals surface area contributed by atoms with Crippen molar-refractivity contribution in [2.24, 2.45) is 4.99 Å². The third kappa shape index (κ3) is 5.94. The van der Waals surface area contributed by atoms with Gasteiger partial charge in [-0.3, -0.25) is 9.89 Å². The molecule has 1 atom stereocenters. The minimum atomic E-state index is 0.252. The molecular weight excluding hydrogens is 288 g/mol. The van der Waals surface area contributed by atoms with Crippen LogP contribution in [0.1, 0.15) is 25.5 Å². The number of hydrogen-bond donors (Lipinski definition) is 2. The number of benzene rings is 1. The first-order valence-corrected chi connectivity index (χ1v) is 8.13. The second-order valence-corrected chi connectivity index (χ2v) is 5.14. The van der Waals surface area contributed by atoms with Crippen LogP contribution in [0.5, 0.6) is 5.75 Å². The Hall–Kier alpha value is -2.01. The van der Waals surface area contributed by atoms with Crippen LogP contribution in [0, 0.1) is 0 Å². The molecule has 0 aliphatic carbocycles. The molecule has 0 aliphatic rings. The number of likely N-dealkylation sites (N-methyl/N-ethyl adjacent to an activating group) is 1. The molecule has 0 radical (unpaired) electrons. The average molecular weight is 318 g/mol. The minimum absolute atomic E-state index is 0.252. The van der Waals surface area contributed by atoms with Gasteiger partial charge in [0, 0.05) is 20.1 Å². The van der Waals surface area contributed by atoms with Gasteiger partial charge in [0.1, 0.15) is 5.75 Å². The molecule has 0 heterocycles. The quantitative estimate of drug-likeness (QED) is 0.417. The van der Waals surface area contributed by atoms with Crippen molar-refractivity contribution in [1.29, 1.82) is 0 Å². The summed E-state index contributed by atoms with van der Waals surface area (Å²) in [5.74, 6) is 1.67. The van der Waals surface area contributed by atoms with E-state index in [1.807, 2.05) is 18.2 Å². The molecule has 0 saturated heterocycles. The number of guanidine groups is 1. The highest BCUT2D eigenvalue weighted by Crippen LogP contribution is 2.23. The highest BCUT2D eigenvalue weighted by Gasteiger charge is 2.18. The van der Waals surface area contributed by atoms with Gasteiger partial charge in [0.15, 0.2) is 5.96 Å². The van der Waals surface area contributed by atoms with Gasteiger partial charge in [-0.15, -0.1) is 6.58 Å². The number of aliphatic imine (C=N–C) groups is 1. The fourth-order valence-corrected chi connectivity index (χ4v) is 2.55. The molecule has 1 aromatic carbocycles. The highest BCUT2D eigenvalue weighted by atomic mass is 16.5. The normalized spacial score (nSPS) is 12.8. The van der Waals surface area contributed by atoms with E-state index in [1.54, 1.807) is 14.2 Å². The predicted molar refractivity (Wildman–Crippen MR) is 98.2 cm³/mol. The van der Waals surface area contributed by atoms with Crippen molar-refractivity contribution in [3.05, 3.63) is 42.5 Å². The van der Waals surface area contributed by atoms with Gasteiger partial charge < -0.3 is 15.4 Å². The Morgan fingerprint density at radius 1 is 1.35 bits per heavy atom. The largest absolute Gasteiger partial charge is 0.497 e. The Bertz CT molecular complexity index is 498. The molecule has 0 spiro atoms. The van der Waals surface area contributed by atoms with Gasteiger partial charge in [-0.2, -0.15) is 0 Å². The fourth-order valence-electron chi connectivity index (χ4n) is 2.55. The first-order valence-electron chi connectivity index (χ1n) is 8.13. The van der Waals surface area contributed by atoms with Gasteiger partial charge >= 0.3 is 0 Å². The topological polar surface area (TPSA) is 48.9 Å². The maximum atomic E-state index is 5.37. The third-order valence-electron chi connectivity index (χ3n) is 3.83. The smallest absolute Gasteiger partial charge is 0.191 e. The Labute approximate surface area is 140 Å². The van der Waals surface area contributed by atoms with Crippen molar-refractivity contribution in [2.75, 3.05) is 40.3 Å². The molecular formula is C18H30N4O. The van der Waals surface area contributed by atoms with Crippen molar-refractivity contribution >= 4 is 5.96 Å². The summed E-state index contributed by atoms with van der Waals surface area (Å²) in [7, 11) is 3.47. The first-order chi connectivity index (χ1) is 11.2. The summed E-state index contributed by atoms with van der Waals surface area (Å²) in [4.78, 5) is 6.66. The molecule has 5 heteroatoms. The van der Waals surface area contributed by atoms with E-state index in [0.717, 1.165) is 31.3 Å². The van der Waals surface area contributed by atoms with Crippen molar-refractivity contribution in [3.8, 4) is 5.75 Å². The van der Waals surface area contributed by atoms with Crippen molar-refractivity contribution in [1.82, 2.24) is 15.5 Å². The SMILES string of the molecule is C=CCNC(=NC)NCC(c1cccc(OC)c1)N(CC)CC. The molecule has 23 heavy (non-hydrogen) atoms. The molecule has 0 fully saturated rings. The maximum absolute atomic E-state index is 5.37. The summed E-state index contributed by atoms with van der Waals surface area (Å²) in [5.41, 5.74) is 1.24. The number of ether oxygens (including phenoxy) is 1. The van der Waals surface area contributed by atoms with Crippen LogP contribution in [-0.4, -0.2) is 51.2 Å². The molecule has 0 amide bonds. The molecule has 2 N–H and O–H groups in total. The van der Waals surface area contributed by atoms with Gasteiger partial charge in [-0.25, -0.2) is 0 Å². The standard InChI is InChI=1S/C18H30N4O/c1-6-12-20-18(19-4)21-14-17(22(7-2)8-3)15-10-9-11-16(13-15)23-5/h6,9-11,13,17H,1,7-8,12,14H2,2-5H3,(H2,19,20,21). The number of nitrogens with zero attached hydrogens (tertiary/aromatic N) is 2. The van der Waals surface area contributed by atoms with Crippen molar-refractivity contribution < 1.29 is 4.74 Å². The van der Waals surface area contributed by atoms with Gasteiger partial charge in [-0.05, 0) is 30.8 Å². The summed E-state index contributed by atoms with van der Waals surface area (Å²) in [6, 6.07) is 8.51. The van der Waals surface area contributed by atoms with Gasteiger partial charge in [0.2, 0.25) is 0 Å². The summed E-state index contributed by atoms with van der Waals surface area (Å²) in [5, 5.41) is 6.60. The molecule has 0 aromatic heterocycles. The molecule has 0 bridgehead atoms. The minimum Gasteiger partial charge on any atom is -0.497 e. The summed E-state index contributed by atoms with van der Waals surface area (Å²) < 4.78 is 5.37. The van der Waals surface area contributed by atoms with E-state index < -0.39 is 0 Å². The third-order valence-corrected chi connectivity index (χ3v) is 3.83. The maximum Gasteiger partial charge on any atom is 0.191 e. The molecule has 1 rings (SSSR count). The Balaban J connectivity index is 2.90. The van der Waals surface area contributed by atoms with Crippen molar-refractivity contribution in [3.63, 3.8) is 0 Å². The lowest BCUT2D eigenvalue weighted by Crippen LogP contribution is -2.43. The highest BCUT2D eigenvalue weighted by molar-refractivity contribution is 5.79. The molecule has 0 aliphatic heterocycles. The Kier molecular flexibility index (Phi) is 8.83. The van der Waals surface area contributed by atoms with E-state index in [-0.39, 0.29) is 6.04 Å². The van der Waals surface area contributed by atoms with Crippen molar-refractivity contribution in [2.45, 2.75) is 19.9 Å². The average Bonchev–Trinajstić information content (AvgIpc) is 2.61. The van der Waals surface area contributed by atoms with Crippen LogP contribution in [0.2, 0.25) is 0 Å². The molecule has 1 aromatic rings. The van der Waals surface area contributed by atoms with E-state index in [1.165, 1.54) is 5.56 Å². The lowest BCUT2D eigenvalue weighted by molar-refractivity contribution is 0.218. The lowest BCUT2D eigenvalue weighted by Gasteiger charge is -2.31. The molecule has 5 nitrogen and oxygen atoms in total. The Morgan fingerprint density at radius 3 is 2.65 bits per heavy atom. The van der Waals surface area contributed by atoms with Crippen LogP contribution >= 0.6 is 0 Å². The van der Waals surface area contributed by atoms with Gasteiger partial charge in [0.25, 0.3) is 0 Å². The van der Waals surface area contributed by atoms with Crippen LogP contribution < -0.4 is 15.4 Å². The van der Waals surface area contributed by atoms with Gasteiger partial charge in [-0.1, -0.05) is 32.1 Å². The van der Waals surface area contributed by atoms with E-state index >= 15 is 0 Å². The van der Waals surface area contributed by atoms with Gasteiger partial charge in [0.05, 0.1) is 13.2 Å². The second-order valence-electron chi connectivity index (χ2n) is 5.14. The van der Waals surface area contributed by atoms with Crippen LogP contribution in [-0.2, 0) is 0 Å². The summed E-state index contributed by atoms with van der Waals surface area (Å²) in [6.07, 6.45) is 1.82. The first kappa shape index (κ1) is 19.0. The monoisotopic (exact) mass is 318 g/mol. The fraction of sp³-hybridized carbons (Fsp3) is 0.500. The van der Waals surface area contributed by atoms with Crippen LogP contribution in [0.4, 0.5) is 0 Å². The van der Waals surface area contributed by atoms with E-state index in [9.17, 15) is 0 Å². The lowest BCUT2D eigenvalue weighted by atomic mass is 10.0. The molecule has 0 saturated carbocycles. The van der Waals surface area contributed by atoms with Crippen LogP contribution in [0.25, 0.3) is 0 Å². The van der Waals surface area contributed by atoms with Crippen LogP contribution in [0.3, 0.4) is 0 Å². The predicted octanol–water partition coefficient (Wildman–Crippen LogP) is 2.43. The van der Waals surface area contributed by atoms with E-state index in [0.29, 0.717) is 6.54 Å². The second kappa shape index (κ2) is 10.7. The zero-order valence-electron chi connectivity index (χ0n) is 14.8. The van der Waals surface area contributed by atoms with E-state index in [2.05, 4.69) is 53.1 Å². The molecule has 128 valence electrons.